The summed E-state index contributed by atoms with van der Waals surface area (Å²) in [5.41, 5.74) is 4.50. The van der Waals surface area contributed by atoms with Gasteiger partial charge >= 0.3 is 0 Å². The van der Waals surface area contributed by atoms with Crippen molar-refractivity contribution in [2.24, 2.45) is 16.3 Å². The van der Waals surface area contributed by atoms with Crippen molar-refractivity contribution in [3.8, 4) is 0 Å². The maximum atomic E-state index is 12.5. The lowest BCUT2D eigenvalue weighted by Gasteiger charge is -2.34. The Morgan fingerprint density at radius 2 is 2.00 bits per heavy atom. The summed E-state index contributed by atoms with van der Waals surface area (Å²) in [5, 5.41) is 11.7. The number of carbonyl (C=O) groups is 1. The zero-order chi connectivity index (χ0) is 15.1. The summed E-state index contributed by atoms with van der Waals surface area (Å²) < 4.78 is 10.1. The second-order valence-corrected chi connectivity index (χ2v) is 4.91. The first-order valence-corrected chi connectivity index (χ1v) is 6.09. The fourth-order valence-corrected chi connectivity index (χ4v) is 1.64. The monoisotopic (exact) mass is 275 g/mol. The van der Waals surface area contributed by atoms with Gasteiger partial charge in [0.15, 0.2) is 5.84 Å². The Morgan fingerprint density at radius 3 is 2.42 bits per heavy atom. The molecular weight excluding hydrogens is 250 g/mol. The topological polar surface area (TPSA) is 97.4 Å². The standard InChI is InChI=1S/C12H25N3O4/c1-9(8-19-5)15(6-7-18-4)11(16)12(2,3)10(13)14-17/h9,17H,6-8H2,1-5H3,(H2,13,14). The third-order valence-electron chi connectivity index (χ3n) is 3.02. The molecule has 0 rings (SSSR count). The molecule has 7 nitrogen and oxygen atoms in total. The van der Waals surface area contributed by atoms with Gasteiger partial charge in [-0.05, 0) is 20.8 Å². The Bertz CT molecular complexity index is 318. The van der Waals surface area contributed by atoms with Crippen LogP contribution in [0.5, 0.6) is 0 Å². The SMILES string of the molecule is COCCN(C(=O)C(C)(C)C(N)=NO)C(C)COC. The van der Waals surface area contributed by atoms with Crippen LogP contribution in [0.2, 0.25) is 0 Å². The molecule has 0 aliphatic carbocycles. The Hall–Kier alpha value is -1.34. The van der Waals surface area contributed by atoms with Crippen molar-refractivity contribution in [1.82, 2.24) is 4.90 Å². The second-order valence-electron chi connectivity index (χ2n) is 4.91. The van der Waals surface area contributed by atoms with Gasteiger partial charge in [-0.2, -0.15) is 0 Å². The number of amidine groups is 1. The normalized spacial score (nSPS) is 14.3. The third-order valence-corrected chi connectivity index (χ3v) is 3.02. The molecule has 1 unspecified atom stereocenters. The fraction of sp³-hybridized carbons (Fsp3) is 0.833. The van der Waals surface area contributed by atoms with Crippen LogP contribution in [0.15, 0.2) is 5.16 Å². The number of nitrogens with two attached hydrogens (primary N) is 1. The summed E-state index contributed by atoms with van der Waals surface area (Å²) in [6.07, 6.45) is 0. The summed E-state index contributed by atoms with van der Waals surface area (Å²) in [4.78, 5) is 14.1. The number of rotatable bonds is 8. The summed E-state index contributed by atoms with van der Waals surface area (Å²) in [5.74, 6) is -0.353. The molecule has 0 aliphatic rings. The molecule has 0 aromatic carbocycles. The molecule has 7 heteroatoms. The number of hydrogen-bond acceptors (Lipinski definition) is 5. The Balaban J connectivity index is 5.08. The minimum Gasteiger partial charge on any atom is -0.409 e. The molecule has 0 aliphatic heterocycles. The number of hydrogen-bond donors (Lipinski definition) is 2. The van der Waals surface area contributed by atoms with Gasteiger partial charge in [-0.3, -0.25) is 4.79 Å². The van der Waals surface area contributed by atoms with Gasteiger partial charge in [0.2, 0.25) is 5.91 Å². The summed E-state index contributed by atoms with van der Waals surface area (Å²) >= 11 is 0. The van der Waals surface area contributed by atoms with Gasteiger partial charge in [-0.25, -0.2) is 0 Å². The van der Waals surface area contributed by atoms with E-state index in [-0.39, 0.29) is 17.8 Å². The lowest BCUT2D eigenvalue weighted by Crippen LogP contribution is -2.52. The molecule has 0 heterocycles. The van der Waals surface area contributed by atoms with Gasteiger partial charge in [0, 0.05) is 20.8 Å². The van der Waals surface area contributed by atoms with Crippen molar-refractivity contribution in [3.63, 3.8) is 0 Å². The van der Waals surface area contributed by atoms with E-state index in [2.05, 4.69) is 5.16 Å². The van der Waals surface area contributed by atoms with Crippen LogP contribution in [0, 0.1) is 5.41 Å². The van der Waals surface area contributed by atoms with Crippen molar-refractivity contribution in [3.05, 3.63) is 0 Å². The van der Waals surface area contributed by atoms with Crippen LogP contribution in [0.4, 0.5) is 0 Å². The van der Waals surface area contributed by atoms with Gasteiger partial charge in [-0.15, -0.1) is 0 Å². The predicted molar refractivity (Wildman–Crippen MR) is 72.1 cm³/mol. The van der Waals surface area contributed by atoms with Gasteiger partial charge in [0.25, 0.3) is 0 Å². The molecule has 3 N–H and O–H groups in total. The van der Waals surface area contributed by atoms with Gasteiger partial charge in [-0.1, -0.05) is 5.16 Å². The fourth-order valence-electron chi connectivity index (χ4n) is 1.64. The quantitative estimate of drug-likeness (QED) is 0.287. The van der Waals surface area contributed by atoms with E-state index in [0.717, 1.165) is 0 Å². The highest BCUT2D eigenvalue weighted by molar-refractivity contribution is 6.05. The average molecular weight is 275 g/mol. The maximum absolute atomic E-state index is 12.5. The van der Waals surface area contributed by atoms with E-state index in [9.17, 15) is 4.79 Å². The average Bonchev–Trinajstić information content (AvgIpc) is 2.38. The molecule has 0 radical (unpaired) electrons. The highest BCUT2D eigenvalue weighted by Gasteiger charge is 2.38. The van der Waals surface area contributed by atoms with Crippen LogP contribution in [0.3, 0.4) is 0 Å². The molecule has 1 amide bonds. The van der Waals surface area contributed by atoms with Crippen LogP contribution in [-0.4, -0.2) is 61.9 Å². The zero-order valence-corrected chi connectivity index (χ0v) is 12.3. The largest absolute Gasteiger partial charge is 0.409 e. The van der Waals surface area contributed by atoms with Gasteiger partial charge < -0.3 is 25.3 Å². The molecule has 0 aromatic rings. The molecular formula is C12H25N3O4. The van der Waals surface area contributed by atoms with E-state index in [1.54, 1.807) is 33.0 Å². The summed E-state index contributed by atoms with van der Waals surface area (Å²) in [6, 6.07) is -0.126. The first-order valence-electron chi connectivity index (χ1n) is 6.09. The van der Waals surface area contributed by atoms with Gasteiger partial charge in [0.05, 0.1) is 19.3 Å². The van der Waals surface area contributed by atoms with Crippen LogP contribution in [0.25, 0.3) is 0 Å². The number of nitrogens with zero attached hydrogens (tertiary/aromatic N) is 2. The second kappa shape index (κ2) is 7.96. The smallest absolute Gasteiger partial charge is 0.236 e. The van der Waals surface area contributed by atoms with E-state index in [1.165, 1.54) is 0 Å². The minimum atomic E-state index is -1.08. The van der Waals surface area contributed by atoms with Crippen LogP contribution < -0.4 is 5.73 Å². The van der Waals surface area contributed by atoms with Crippen LogP contribution >= 0.6 is 0 Å². The van der Waals surface area contributed by atoms with Crippen LogP contribution in [-0.2, 0) is 14.3 Å². The molecule has 0 saturated carbocycles. The van der Waals surface area contributed by atoms with Crippen molar-refractivity contribution >= 4 is 11.7 Å². The van der Waals surface area contributed by atoms with Crippen molar-refractivity contribution in [1.29, 1.82) is 0 Å². The maximum Gasteiger partial charge on any atom is 0.236 e. The Kier molecular flexibility index (Phi) is 7.40. The number of ether oxygens (including phenoxy) is 2. The number of amides is 1. The zero-order valence-electron chi connectivity index (χ0n) is 12.3. The van der Waals surface area contributed by atoms with E-state index in [4.69, 9.17) is 20.4 Å². The Morgan fingerprint density at radius 1 is 1.42 bits per heavy atom. The van der Waals surface area contributed by atoms with E-state index >= 15 is 0 Å². The summed E-state index contributed by atoms with van der Waals surface area (Å²) in [6.45, 7) is 6.34. The number of oxime groups is 1. The van der Waals surface area contributed by atoms with E-state index < -0.39 is 5.41 Å². The lowest BCUT2D eigenvalue weighted by atomic mass is 9.89. The highest BCUT2D eigenvalue weighted by atomic mass is 16.5. The van der Waals surface area contributed by atoms with E-state index in [1.807, 2.05) is 6.92 Å². The lowest BCUT2D eigenvalue weighted by molar-refractivity contribution is -0.141. The predicted octanol–water partition coefficient (Wildman–Crippen LogP) is 0.269. The van der Waals surface area contributed by atoms with Gasteiger partial charge in [0.1, 0.15) is 5.41 Å². The van der Waals surface area contributed by atoms with E-state index in [0.29, 0.717) is 19.8 Å². The first kappa shape index (κ1) is 17.7. The highest BCUT2D eigenvalue weighted by Crippen LogP contribution is 2.21. The number of carbonyl (C=O) groups excluding carboxylic acids is 1. The van der Waals surface area contributed by atoms with Crippen molar-refractivity contribution in [2.45, 2.75) is 26.8 Å². The van der Waals surface area contributed by atoms with Crippen LogP contribution in [0.1, 0.15) is 20.8 Å². The molecule has 1 atom stereocenters. The van der Waals surface area contributed by atoms with Crippen molar-refractivity contribution < 1.29 is 19.5 Å². The molecule has 0 aromatic heterocycles. The summed E-state index contributed by atoms with van der Waals surface area (Å²) in [7, 11) is 3.14. The van der Waals surface area contributed by atoms with Crippen molar-refractivity contribution in [2.75, 3.05) is 34.0 Å². The molecule has 112 valence electrons. The minimum absolute atomic E-state index is 0.121. The molecule has 0 spiro atoms. The molecule has 0 fully saturated rings. The Labute approximate surface area is 114 Å². The third kappa shape index (κ3) is 4.68. The molecule has 0 bridgehead atoms. The number of methoxy groups -OCH3 is 2. The molecule has 0 saturated heterocycles. The molecule has 19 heavy (non-hydrogen) atoms. The first-order chi connectivity index (χ1) is 8.82.